The van der Waals surface area contributed by atoms with E-state index in [1.54, 1.807) is 0 Å². The monoisotopic (exact) mass is 270 g/mol. The van der Waals surface area contributed by atoms with Gasteiger partial charge in [0, 0.05) is 5.57 Å². The Morgan fingerprint density at radius 1 is 1.40 bits per heavy atom. The van der Waals surface area contributed by atoms with E-state index in [2.05, 4.69) is 15.9 Å². The van der Waals surface area contributed by atoms with Crippen LogP contribution in [0.5, 0.6) is 0 Å². The van der Waals surface area contributed by atoms with E-state index in [0.717, 1.165) is 0 Å². The standard InChI is InChI=1S/C10H7BrO4/c1-10(14)8(12)6-4-15-3-2-5(6)7(11)9(10)13/h2-4,14H,1H3. The predicted octanol–water partition coefficient (Wildman–Crippen LogP) is 0.966. The summed E-state index contributed by atoms with van der Waals surface area (Å²) in [6, 6.07) is 0. The minimum Gasteiger partial charge on any atom is -0.472 e. The van der Waals surface area contributed by atoms with Crippen LogP contribution in [-0.2, 0) is 14.3 Å². The number of ketones is 2. The molecule has 0 aromatic rings. The number of ether oxygens (including phenoxy) is 1. The van der Waals surface area contributed by atoms with Crippen LogP contribution in [-0.4, -0.2) is 22.3 Å². The highest BCUT2D eigenvalue weighted by Crippen LogP contribution is 2.36. The van der Waals surface area contributed by atoms with Crippen molar-refractivity contribution in [1.82, 2.24) is 0 Å². The first-order chi connectivity index (χ1) is 6.96. The molecule has 1 aliphatic carbocycles. The van der Waals surface area contributed by atoms with Crippen molar-refractivity contribution in [2.24, 2.45) is 0 Å². The van der Waals surface area contributed by atoms with Crippen LogP contribution in [0.3, 0.4) is 0 Å². The normalized spacial score (nSPS) is 29.9. The highest BCUT2D eigenvalue weighted by atomic mass is 79.9. The second-order valence-corrected chi connectivity index (χ2v) is 4.22. The van der Waals surface area contributed by atoms with Crippen molar-refractivity contribution in [2.45, 2.75) is 12.5 Å². The fourth-order valence-electron chi connectivity index (χ4n) is 1.44. The minimum atomic E-state index is -2.01. The second kappa shape index (κ2) is 3.15. The summed E-state index contributed by atoms with van der Waals surface area (Å²) in [5.74, 6) is -1.28. The largest absolute Gasteiger partial charge is 0.472 e. The van der Waals surface area contributed by atoms with Gasteiger partial charge in [0.25, 0.3) is 0 Å². The van der Waals surface area contributed by atoms with Crippen LogP contribution < -0.4 is 0 Å². The summed E-state index contributed by atoms with van der Waals surface area (Å²) < 4.78 is 5.04. The average molecular weight is 271 g/mol. The van der Waals surface area contributed by atoms with Crippen LogP contribution in [0.4, 0.5) is 0 Å². The molecule has 1 N–H and O–H groups in total. The maximum atomic E-state index is 11.7. The van der Waals surface area contributed by atoms with Crippen molar-refractivity contribution in [1.29, 1.82) is 0 Å². The third kappa shape index (κ3) is 1.31. The molecule has 1 heterocycles. The average Bonchev–Trinajstić information content (AvgIpc) is 2.24. The van der Waals surface area contributed by atoms with Gasteiger partial charge in [0.15, 0.2) is 5.60 Å². The molecule has 78 valence electrons. The topological polar surface area (TPSA) is 63.6 Å². The first-order valence-corrected chi connectivity index (χ1v) is 5.00. The van der Waals surface area contributed by atoms with Gasteiger partial charge in [-0.1, -0.05) is 0 Å². The Bertz CT molecular complexity index is 454. The molecule has 0 saturated carbocycles. The van der Waals surface area contributed by atoms with E-state index in [1.165, 1.54) is 25.5 Å². The molecule has 1 atom stereocenters. The Kier molecular flexibility index (Phi) is 2.17. The van der Waals surface area contributed by atoms with Gasteiger partial charge in [-0.15, -0.1) is 0 Å². The number of carbonyl (C=O) groups is 2. The lowest BCUT2D eigenvalue weighted by Gasteiger charge is -2.28. The number of hydrogen-bond acceptors (Lipinski definition) is 4. The van der Waals surface area contributed by atoms with Crippen LogP contribution in [0.2, 0.25) is 0 Å². The van der Waals surface area contributed by atoms with Crippen LogP contribution in [0.15, 0.2) is 34.2 Å². The summed E-state index contributed by atoms with van der Waals surface area (Å²) in [5, 5.41) is 9.74. The maximum absolute atomic E-state index is 11.7. The van der Waals surface area contributed by atoms with Gasteiger partial charge in [-0.2, -0.15) is 0 Å². The van der Waals surface area contributed by atoms with Crippen LogP contribution in [0.25, 0.3) is 0 Å². The molecule has 15 heavy (non-hydrogen) atoms. The molecule has 5 heteroatoms. The summed E-state index contributed by atoms with van der Waals surface area (Å²) in [6.45, 7) is 1.18. The summed E-state index contributed by atoms with van der Waals surface area (Å²) >= 11 is 3.07. The van der Waals surface area contributed by atoms with E-state index in [-0.39, 0.29) is 10.1 Å². The Morgan fingerprint density at radius 3 is 2.73 bits per heavy atom. The minimum absolute atomic E-state index is 0.193. The fraction of sp³-hybridized carbons (Fsp3) is 0.200. The lowest BCUT2D eigenvalue weighted by atomic mass is 9.81. The van der Waals surface area contributed by atoms with Gasteiger partial charge in [0.1, 0.15) is 6.26 Å². The first kappa shape index (κ1) is 10.3. The number of aliphatic hydroxyl groups is 1. The molecule has 2 rings (SSSR count). The molecule has 0 fully saturated rings. The van der Waals surface area contributed by atoms with E-state index in [9.17, 15) is 14.7 Å². The molecular weight excluding hydrogens is 264 g/mol. The van der Waals surface area contributed by atoms with Crippen molar-refractivity contribution < 1.29 is 19.4 Å². The first-order valence-electron chi connectivity index (χ1n) is 4.20. The van der Waals surface area contributed by atoms with E-state index in [4.69, 9.17) is 4.74 Å². The molecule has 2 aliphatic rings. The lowest BCUT2D eigenvalue weighted by Crippen LogP contribution is -2.48. The SMILES string of the molecule is CC1(O)C(=O)C2=COC=CC2=C(Br)C1=O. The smallest absolute Gasteiger partial charge is 0.209 e. The van der Waals surface area contributed by atoms with E-state index < -0.39 is 17.2 Å². The number of allylic oxidation sites excluding steroid dienone is 2. The molecule has 0 spiro atoms. The Morgan fingerprint density at radius 2 is 2.07 bits per heavy atom. The summed E-state index contributed by atoms with van der Waals surface area (Å²) in [5.41, 5.74) is -1.36. The molecule has 1 unspecified atom stereocenters. The summed E-state index contributed by atoms with van der Waals surface area (Å²) in [4.78, 5) is 23.4. The molecule has 0 radical (unpaired) electrons. The Hall–Kier alpha value is -1.20. The zero-order valence-electron chi connectivity index (χ0n) is 7.78. The maximum Gasteiger partial charge on any atom is 0.209 e. The van der Waals surface area contributed by atoms with Crippen molar-refractivity contribution in [3.05, 3.63) is 34.2 Å². The third-order valence-corrected chi connectivity index (χ3v) is 3.14. The molecule has 1 aliphatic heterocycles. The third-order valence-electron chi connectivity index (χ3n) is 2.35. The van der Waals surface area contributed by atoms with Crippen LogP contribution in [0, 0.1) is 0 Å². The lowest BCUT2D eigenvalue weighted by molar-refractivity contribution is -0.144. The quantitative estimate of drug-likeness (QED) is 0.667. The van der Waals surface area contributed by atoms with E-state index >= 15 is 0 Å². The van der Waals surface area contributed by atoms with Crippen molar-refractivity contribution in [3.63, 3.8) is 0 Å². The Balaban J connectivity index is 2.68. The number of Topliss-reactive ketones (excluding diaryl/α,β-unsaturated/α-hetero) is 2. The number of rotatable bonds is 0. The molecule has 0 aromatic heterocycles. The molecule has 4 nitrogen and oxygen atoms in total. The number of fused-ring (bicyclic) bond motifs is 1. The molecule has 0 amide bonds. The van der Waals surface area contributed by atoms with Gasteiger partial charge < -0.3 is 9.84 Å². The fourth-order valence-corrected chi connectivity index (χ4v) is 2.17. The molecule has 0 aromatic carbocycles. The highest BCUT2D eigenvalue weighted by Gasteiger charge is 2.47. The van der Waals surface area contributed by atoms with Crippen LogP contribution >= 0.6 is 15.9 Å². The summed E-state index contributed by atoms with van der Waals surface area (Å²) in [6.07, 6.45) is 4.09. The van der Waals surface area contributed by atoms with E-state index in [0.29, 0.717) is 5.57 Å². The van der Waals surface area contributed by atoms with Gasteiger partial charge >= 0.3 is 0 Å². The zero-order chi connectivity index (χ0) is 11.2. The highest BCUT2D eigenvalue weighted by molar-refractivity contribution is 9.12. The predicted molar refractivity (Wildman–Crippen MR) is 54.9 cm³/mol. The second-order valence-electron chi connectivity index (χ2n) is 3.43. The zero-order valence-corrected chi connectivity index (χ0v) is 9.37. The summed E-state index contributed by atoms with van der Waals surface area (Å²) in [7, 11) is 0. The van der Waals surface area contributed by atoms with E-state index in [1.807, 2.05) is 0 Å². The van der Waals surface area contributed by atoms with Gasteiger partial charge in [-0.3, -0.25) is 9.59 Å². The van der Waals surface area contributed by atoms with Crippen molar-refractivity contribution in [3.8, 4) is 0 Å². The van der Waals surface area contributed by atoms with Crippen LogP contribution in [0.1, 0.15) is 6.92 Å². The number of hydrogen-bond donors (Lipinski definition) is 1. The van der Waals surface area contributed by atoms with Gasteiger partial charge in [-0.05, 0) is 28.9 Å². The number of halogens is 1. The van der Waals surface area contributed by atoms with Gasteiger partial charge in [-0.25, -0.2) is 0 Å². The molecule has 0 bridgehead atoms. The molecular formula is C10H7BrO4. The Labute approximate surface area is 94.0 Å². The van der Waals surface area contributed by atoms with Gasteiger partial charge in [0.2, 0.25) is 11.6 Å². The van der Waals surface area contributed by atoms with Crippen molar-refractivity contribution >= 4 is 27.5 Å². The molecule has 0 saturated heterocycles. The number of carbonyl (C=O) groups excluding carboxylic acids is 2. The van der Waals surface area contributed by atoms with Gasteiger partial charge in [0.05, 0.1) is 16.3 Å². The van der Waals surface area contributed by atoms with Crippen molar-refractivity contribution in [2.75, 3.05) is 0 Å².